The Labute approximate surface area is 115 Å². The smallest absolute Gasteiger partial charge is 0.277 e. The molecule has 1 saturated carbocycles. The molecule has 2 heterocycles. The lowest BCUT2D eigenvalue weighted by molar-refractivity contribution is -0.136. The Balaban J connectivity index is 1.92. The fraction of sp³-hybridized carbons (Fsp3) is 0.462. The maximum Gasteiger partial charge on any atom is 0.335 e. The largest absolute Gasteiger partial charge is 0.335 e. The number of aromatic nitrogens is 2. The van der Waals surface area contributed by atoms with Crippen LogP contribution in [0.25, 0.3) is 0 Å². The Morgan fingerprint density at radius 3 is 2.40 bits per heavy atom. The van der Waals surface area contributed by atoms with E-state index in [0.29, 0.717) is 0 Å². The molecule has 3 rings (SSSR count). The van der Waals surface area contributed by atoms with Crippen LogP contribution in [0.1, 0.15) is 25.7 Å². The summed E-state index contributed by atoms with van der Waals surface area (Å²) in [7, 11) is 0. The van der Waals surface area contributed by atoms with Gasteiger partial charge in [-0.15, -0.1) is 0 Å². The predicted molar refractivity (Wildman–Crippen MR) is 68.5 cm³/mol. The van der Waals surface area contributed by atoms with Crippen molar-refractivity contribution in [1.29, 1.82) is 0 Å². The van der Waals surface area contributed by atoms with Crippen LogP contribution in [0.5, 0.6) is 0 Å². The number of hydrogen-bond acceptors (Lipinski definition) is 5. The van der Waals surface area contributed by atoms with Gasteiger partial charge < -0.3 is 0 Å². The molecule has 0 radical (unpaired) electrons. The van der Waals surface area contributed by atoms with Crippen LogP contribution in [-0.2, 0) is 9.59 Å². The van der Waals surface area contributed by atoms with E-state index >= 15 is 0 Å². The molecular formula is C13H14N4O3. The standard InChI is InChI=1S/C13H14N4O3/c18-11-10(8-3-1-2-4-8)12(19)17(13(20)16-11)9-5-14-7-15-6-9/h5-8,10H,1-4H2,(H,16,18,20). The number of nitrogens with one attached hydrogen (secondary N) is 1. The van der Waals surface area contributed by atoms with Gasteiger partial charge in [-0.05, 0) is 18.8 Å². The number of carbonyl (C=O) groups excluding carboxylic acids is 3. The minimum Gasteiger partial charge on any atom is -0.277 e. The van der Waals surface area contributed by atoms with Crippen molar-refractivity contribution in [2.45, 2.75) is 25.7 Å². The molecule has 1 atom stereocenters. The molecule has 0 bridgehead atoms. The number of barbiturate groups is 1. The van der Waals surface area contributed by atoms with Crippen molar-refractivity contribution in [1.82, 2.24) is 15.3 Å². The SMILES string of the molecule is O=C1NC(=O)N(c2cncnc2)C(=O)C1C1CCCC1. The Morgan fingerprint density at radius 2 is 1.75 bits per heavy atom. The second kappa shape index (κ2) is 4.99. The molecule has 104 valence electrons. The van der Waals surface area contributed by atoms with Crippen molar-refractivity contribution in [3.05, 3.63) is 18.7 Å². The van der Waals surface area contributed by atoms with Crippen LogP contribution in [0.15, 0.2) is 18.7 Å². The van der Waals surface area contributed by atoms with Crippen LogP contribution in [-0.4, -0.2) is 27.8 Å². The lowest BCUT2D eigenvalue weighted by Crippen LogP contribution is -2.59. The fourth-order valence-electron chi connectivity index (χ4n) is 2.95. The highest BCUT2D eigenvalue weighted by atomic mass is 16.2. The van der Waals surface area contributed by atoms with E-state index < -0.39 is 23.8 Å². The summed E-state index contributed by atoms with van der Waals surface area (Å²) in [5.74, 6) is -1.72. The van der Waals surface area contributed by atoms with Gasteiger partial charge in [0.1, 0.15) is 12.2 Å². The minimum atomic E-state index is -0.782. The molecule has 1 aliphatic heterocycles. The van der Waals surface area contributed by atoms with Gasteiger partial charge in [-0.25, -0.2) is 19.7 Å². The molecule has 2 fully saturated rings. The average molecular weight is 274 g/mol. The zero-order valence-corrected chi connectivity index (χ0v) is 10.8. The first kappa shape index (κ1) is 12.7. The summed E-state index contributed by atoms with van der Waals surface area (Å²) >= 11 is 0. The van der Waals surface area contributed by atoms with Crippen LogP contribution in [0.4, 0.5) is 10.5 Å². The predicted octanol–water partition coefficient (Wildman–Crippen LogP) is 0.866. The minimum absolute atomic E-state index is 0.0164. The second-order valence-electron chi connectivity index (χ2n) is 5.09. The number of anilines is 1. The molecular weight excluding hydrogens is 260 g/mol. The number of urea groups is 1. The molecule has 2 aliphatic rings. The van der Waals surface area contributed by atoms with E-state index in [1.165, 1.54) is 18.7 Å². The first-order chi connectivity index (χ1) is 9.68. The summed E-state index contributed by atoms with van der Waals surface area (Å²) in [5, 5.41) is 2.26. The van der Waals surface area contributed by atoms with Gasteiger partial charge in [-0.1, -0.05) is 12.8 Å². The normalized spacial score (nSPS) is 24.1. The zero-order chi connectivity index (χ0) is 14.1. The number of rotatable bonds is 2. The molecule has 0 aromatic carbocycles. The van der Waals surface area contributed by atoms with Crippen LogP contribution in [0.2, 0.25) is 0 Å². The number of amides is 4. The van der Waals surface area contributed by atoms with Gasteiger partial charge in [0.15, 0.2) is 0 Å². The van der Waals surface area contributed by atoms with Crippen LogP contribution < -0.4 is 10.2 Å². The highest BCUT2D eigenvalue weighted by molar-refractivity contribution is 6.27. The molecule has 4 amide bonds. The third-order valence-electron chi connectivity index (χ3n) is 3.88. The summed E-state index contributed by atoms with van der Waals surface area (Å²) in [4.78, 5) is 44.9. The lowest BCUT2D eigenvalue weighted by atomic mass is 9.87. The Morgan fingerprint density at radius 1 is 1.10 bits per heavy atom. The summed E-state index contributed by atoms with van der Waals surface area (Å²) in [6, 6.07) is -0.732. The number of imide groups is 2. The van der Waals surface area contributed by atoms with Crippen LogP contribution in [0, 0.1) is 11.8 Å². The third kappa shape index (κ3) is 2.04. The van der Waals surface area contributed by atoms with Gasteiger partial charge in [0.05, 0.1) is 18.1 Å². The number of carbonyl (C=O) groups is 3. The fourth-order valence-corrected chi connectivity index (χ4v) is 2.95. The van der Waals surface area contributed by atoms with Gasteiger partial charge >= 0.3 is 6.03 Å². The summed E-state index contributed by atoms with van der Waals surface area (Å²) < 4.78 is 0. The van der Waals surface area contributed by atoms with Crippen molar-refractivity contribution in [3.8, 4) is 0 Å². The quantitative estimate of drug-likeness (QED) is 0.808. The first-order valence-electron chi connectivity index (χ1n) is 6.62. The molecule has 1 unspecified atom stereocenters. The molecule has 1 aromatic heterocycles. The molecule has 20 heavy (non-hydrogen) atoms. The maximum absolute atomic E-state index is 12.5. The van der Waals surface area contributed by atoms with Gasteiger partial charge in [-0.2, -0.15) is 0 Å². The van der Waals surface area contributed by atoms with Crippen molar-refractivity contribution in [2.24, 2.45) is 11.8 Å². The Kier molecular flexibility index (Phi) is 3.17. The highest BCUT2D eigenvalue weighted by Crippen LogP contribution is 2.34. The molecule has 1 saturated heterocycles. The highest BCUT2D eigenvalue weighted by Gasteiger charge is 2.45. The zero-order valence-electron chi connectivity index (χ0n) is 10.8. The number of hydrogen-bond donors (Lipinski definition) is 1. The van der Waals surface area contributed by atoms with E-state index in [9.17, 15) is 14.4 Å². The van der Waals surface area contributed by atoms with Gasteiger partial charge in [0, 0.05) is 0 Å². The summed E-state index contributed by atoms with van der Waals surface area (Å²) in [5.41, 5.74) is 0.283. The molecule has 1 N–H and O–H groups in total. The van der Waals surface area contributed by atoms with Crippen molar-refractivity contribution < 1.29 is 14.4 Å². The lowest BCUT2D eigenvalue weighted by Gasteiger charge is -2.32. The van der Waals surface area contributed by atoms with E-state index in [1.807, 2.05) is 0 Å². The van der Waals surface area contributed by atoms with Crippen molar-refractivity contribution in [2.75, 3.05) is 4.90 Å². The van der Waals surface area contributed by atoms with Gasteiger partial charge in [-0.3, -0.25) is 14.9 Å². The third-order valence-corrected chi connectivity index (χ3v) is 3.88. The number of nitrogens with zero attached hydrogens (tertiary/aromatic N) is 3. The summed E-state index contributed by atoms with van der Waals surface area (Å²) in [6.07, 6.45) is 7.80. The van der Waals surface area contributed by atoms with Crippen LogP contribution >= 0.6 is 0 Å². The molecule has 0 spiro atoms. The van der Waals surface area contributed by atoms with E-state index in [2.05, 4.69) is 15.3 Å². The van der Waals surface area contributed by atoms with Crippen LogP contribution in [0.3, 0.4) is 0 Å². The van der Waals surface area contributed by atoms with Gasteiger partial charge in [0.2, 0.25) is 11.8 Å². The van der Waals surface area contributed by atoms with Crippen molar-refractivity contribution in [3.63, 3.8) is 0 Å². The topological polar surface area (TPSA) is 92.3 Å². The average Bonchev–Trinajstić information content (AvgIpc) is 2.93. The van der Waals surface area contributed by atoms with E-state index in [4.69, 9.17) is 0 Å². The van der Waals surface area contributed by atoms with E-state index in [1.54, 1.807) is 0 Å². The monoisotopic (exact) mass is 274 g/mol. The second-order valence-corrected chi connectivity index (χ2v) is 5.09. The van der Waals surface area contributed by atoms with E-state index in [-0.39, 0.29) is 11.6 Å². The van der Waals surface area contributed by atoms with Gasteiger partial charge in [0.25, 0.3) is 0 Å². The molecule has 7 heteroatoms. The first-order valence-corrected chi connectivity index (χ1v) is 6.62. The molecule has 7 nitrogen and oxygen atoms in total. The Bertz CT molecular complexity index is 554. The Hall–Kier alpha value is -2.31. The van der Waals surface area contributed by atoms with E-state index in [0.717, 1.165) is 30.6 Å². The summed E-state index contributed by atoms with van der Waals surface area (Å²) in [6.45, 7) is 0. The maximum atomic E-state index is 12.5. The molecule has 1 aromatic rings. The molecule has 1 aliphatic carbocycles. The van der Waals surface area contributed by atoms with Crippen molar-refractivity contribution >= 4 is 23.5 Å².